The third-order valence-electron chi connectivity index (χ3n) is 5.19. The van der Waals surface area contributed by atoms with Crippen LogP contribution in [-0.4, -0.2) is 28.1 Å². The molecule has 30 heavy (non-hydrogen) atoms. The molecule has 0 aliphatic heterocycles. The molecule has 0 bridgehead atoms. The molecule has 0 spiro atoms. The number of methoxy groups -OCH3 is 1. The molecule has 4 rings (SSSR count). The van der Waals surface area contributed by atoms with Gasteiger partial charge in [-0.3, -0.25) is 14.0 Å². The third kappa shape index (κ3) is 4.14. The molecule has 6 heteroatoms. The predicted octanol–water partition coefficient (Wildman–Crippen LogP) is 4.03. The lowest BCUT2D eigenvalue weighted by Crippen LogP contribution is -2.16. The van der Waals surface area contributed by atoms with Crippen LogP contribution in [0.4, 0.5) is 0 Å². The maximum atomic E-state index is 12.7. The van der Waals surface area contributed by atoms with Crippen LogP contribution in [0.25, 0.3) is 16.6 Å². The number of ether oxygens (including phenoxy) is 2. The quantitative estimate of drug-likeness (QED) is 0.468. The van der Waals surface area contributed by atoms with Crippen LogP contribution < -0.4 is 10.3 Å². The van der Waals surface area contributed by atoms with Crippen molar-refractivity contribution in [3.63, 3.8) is 0 Å². The fraction of sp³-hybridized carbons (Fsp3) is 0.250. The highest BCUT2D eigenvalue weighted by Gasteiger charge is 2.10. The van der Waals surface area contributed by atoms with Gasteiger partial charge in [0.2, 0.25) is 0 Å². The van der Waals surface area contributed by atoms with Crippen LogP contribution in [0.15, 0.2) is 65.6 Å². The Morgan fingerprint density at radius 1 is 1.00 bits per heavy atom. The number of pyridine rings is 1. The standard InChI is InChI=1S/C24H25N3O3/c1-17-4-6-19(7-5-17)16-30-21-10-11-26(24(28)15-21)20-8-9-23-22(14-20)18(2)27(25-23)12-13-29-3/h4-11,14-15H,12-13,16H2,1-3H3. The van der Waals surface area contributed by atoms with E-state index in [1.165, 1.54) is 11.6 Å². The van der Waals surface area contributed by atoms with Gasteiger partial charge >= 0.3 is 0 Å². The van der Waals surface area contributed by atoms with E-state index in [2.05, 4.69) is 5.10 Å². The van der Waals surface area contributed by atoms with Crippen molar-refractivity contribution in [2.24, 2.45) is 0 Å². The topological polar surface area (TPSA) is 58.3 Å². The zero-order valence-electron chi connectivity index (χ0n) is 17.5. The van der Waals surface area contributed by atoms with E-state index >= 15 is 0 Å². The maximum Gasteiger partial charge on any atom is 0.258 e. The van der Waals surface area contributed by atoms with Crippen LogP contribution in [0.1, 0.15) is 16.8 Å². The van der Waals surface area contributed by atoms with Crippen LogP contribution >= 0.6 is 0 Å². The molecule has 0 aliphatic rings. The van der Waals surface area contributed by atoms with Crippen molar-refractivity contribution >= 4 is 10.9 Å². The van der Waals surface area contributed by atoms with Gasteiger partial charge < -0.3 is 9.47 Å². The lowest BCUT2D eigenvalue weighted by molar-refractivity contribution is 0.183. The lowest BCUT2D eigenvalue weighted by atomic mass is 10.2. The van der Waals surface area contributed by atoms with Crippen molar-refractivity contribution in [1.29, 1.82) is 0 Å². The van der Waals surface area contributed by atoms with Gasteiger partial charge in [0.1, 0.15) is 12.4 Å². The van der Waals surface area contributed by atoms with Gasteiger partial charge in [-0.2, -0.15) is 5.10 Å². The maximum absolute atomic E-state index is 12.7. The summed E-state index contributed by atoms with van der Waals surface area (Å²) < 4.78 is 14.5. The summed E-state index contributed by atoms with van der Waals surface area (Å²) in [6.45, 7) is 5.80. The molecular weight excluding hydrogens is 378 g/mol. The molecule has 4 aromatic rings. The first kappa shape index (κ1) is 19.9. The van der Waals surface area contributed by atoms with Crippen molar-refractivity contribution < 1.29 is 9.47 Å². The number of aromatic nitrogens is 3. The predicted molar refractivity (Wildman–Crippen MR) is 117 cm³/mol. The normalized spacial score (nSPS) is 11.2. The summed E-state index contributed by atoms with van der Waals surface area (Å²) in [4.78, 5) is 12.7. The van der Waals surface area contributed by atoms with E-state index in [-0.39, 0.29) is 5.56 Å². The van der Waals surface area contributed by atoms with Crippen LogP contribution in [0.3, 0.4) is 0 Å². The fourth-order valence-corrected chi connectivity index (χ4v) is 3.41. The minimum absolute atomic E-state index is 0.139. The van der Waals surface area contributed by atoms with Gasteiger partial charge in [0.25, 0.3) is 5.56 Å². The summed E-state index contributed by atoms with van der Waals surface area (Å²) >= 11 is 0. The first-order chi connectivity index (χ1) is 14.5. The Balaban J connectivity index is 1.56. The highest BCUT2D eigenvalue weighted by molar-refractivity contribution is 5.83. The minimum Gasteiger partial charge on any atom is -0.489 e. The molecule has 0 saturated carbocycles. The van der Waals surface area contributed by atoms with Crippen LogP contribution in [0, 0.1) is 13.8 Å². The van der Waals surface area contributed by atoms with Gasteiger partial charge in [-0.1, -0.05) is 29.8 Å². The number of hydrogen-bond donors (Lipinski definition) is 0. The average molecular weight is 403 g/mol. The van der Waals surface area contributed by atoms with E-state index in [1.54, 1.807) is 17.9 Å². The van der Waals surface area contributed by atoms with Gasteiger partial charge in [0.15, 0.2) is 0 Å². The zero-order chi connectivity index (χ0) is 21.1. The highest BCUT2D eigenvalue weighted by atomic mass is 16.5. The number of nitrogens with zero attached hydrogens (tertiary/aromatic N) is 3. The third-order valence-corrected chi connectivity index (χ3v) is 5.19. The molecule has 0 unspecified atom stereocenters. The van der Waals surface area contributed by atoms with E-state index in [4.69, 9.17) is 9.47 Å². The Bertz CT molecular complexity index is 1220. The fourth-order valence-electron chi connectivity index (χ4n) is 3.41. The lowest BCUT2D eigenvalue weighted by Gasteiger charge is -2.09. The summed E-state index contributed by atoms with van der Waals surface area (Å²) in [7, 11) is 1.68. The Labute approximate surface area is 175 Å². The second-order valence-electron chi connectivity index (χ2n) is 7.35. The Morgan fingerprint density at radius 2 is 1.80 bits per heavy atom. The number of aryl methyl sites for hydroxylation is 2. The molecule has 0 N–H and O–H groups in total. The van der Waals surface area contributed by atoms with Gasteiger partial charge in [-0.05, 0) is 43.7 Å². The number of hydrogen-bond acceptors (Lipinski definition) is 4. The average Bonchev–Trinajstić information content (AvgIpc) is 3.07. The Morgan fingerprint density at radius 3 is 2.53 bits per heavy atom. The second kappa shape index (κ2) is 8.55. The van der Waals surface area contributed by atoms with Crippen molar-refractivity contribution in [2.45, 2.75) is 27.0 Å². The SMILES string of the molecule is COCCn1nc2ccc(-n3ccc(OCc4ccc(C)cc4)cc3=O)cc2c1C. The molecule has 0 saturated heterocycles. The second-order valence-corrected chi connectivity index (χ2v) is 7.35. The summed E-state index contributed by atoms with van der Waals surface area (Å²) in [5.74, 6) is 0.557. The first-order valence-electron chi connectivity index (χ1n) is 9.93. The smallest absolute Gasteiger partial charge is 0.258 e. The van der Waals surface area contributed by atoms with Gasteiger partial charge in [-0.25, -0.2) is 0 Å². The number of fused-ring (bicyclic) bond motifs is 1. The van der Waals surface area contributed by atoms with E-state index in [0.717, 1.165) is 27.8 Å². The molecule has 0 fully saturated rings. The molecule has 2 aromatic carbocycles. The van der Waals surface area contributed by atoms with Crippen molar-refractivity contribution in [3.05, 3.63) is 88.0 Å². The van der Waals surface area contributed by atoms with Crippen molar-refractivity contribution in [1.82, 2.24) is 14.3 Å². The molecule has 6 nitrogen and oxygen atoms in total. The number of rotatable bonds is 7. The number of benzene rings is 2. The molecular formula is C24H25N3O3. The molecule has 2 aromatic heterocycles. The van der Waals surface area contributed by atoms with Gasteiger partial charge in [-0.15, -0.1) is 0 Å². The summed E-state index contributed by atoms with van der Waals surface area (Å²) in [5.41, 5.74) is 4.88. The Kier molecular flexibility index (Phi) is 5.68. The molecule has 0 atom stereocenters. The molecule has 2 heterocycles. The van der Waals surface area contributed by atoms with Gasteiger partial charge in [0.05, 0.1) is 18.7 Å². The molecule has 0 amide bonds. The first-order valence-corrected chi connectivity index (χ1v) is 9.93. The van der Waals surface area contributed by atoms with E-state index in [1.807, 2.05) is 67.1 Å². The van der Waals surface area contributed by atoms with Crippen LogP contribution in [0.5, 0.6) is 5.75 Å². The Hall–Kier alpha value is -3.38. The molecule has 0 radical (unpaired) electrons. The van der Waals surface area contributed by atoms with Crippen molar-refractivity contribution in [3.8, 4) is 11.4 Å². The van der Waals surface area contributed by atoms with Crippen LogP contribution in [0.2, 0.25) is 0 Å². The van der Waals surface area contributed by atoms with E-state index in [9.17, 15) is 4.79 Å². The monoisotopic (exact) mass is 403 g/mol. The largest absolute Gasteiger partial charge is 0.489 e. The summed E-state index contributed by atoms with van der Waals surface area (Å²) in [6, 6.07) is 17.3. The van der Waals surface area contributed by atoms with E-state index in [0.29, 0.717) is 25.5 Å². The molecule has 154 valence electrons. The van der Waals surface area contributed by atoms with Crippen LogP contribution in [-0.2, 0) is 17.9 Å². The minimum atomic E-state index is -0.139. The van der Waals surface area contributed by atoms with E-state index < -0.39 is 0 Å². The van der Waals surface area contributed by atoms with Gasteiger partial charge in [0, 0.05) is 36.1 Å². The summed E-state index contributed by atoms with van der Waals surface area (Å²) in [5, 5.41) is 5.63. The molecule has 0 aliphatic carbocycles. The van der Waals surface area contributed by atoms with Crippen molar-refractivity contribution in [2.75, 3.05) is 13.7 Å². The zero-order valence-corrected chi connectivity index (χ0v) is 17.5. The summed E-state index contributed by atoms with van der Waals surface area (Å²) in [6.07, 6.45) is 1.75. The highest BCUT2D eigenvalue weighted by Crippen LogP contribution is 2.21.